The molecule has 4 rings (SSSR count). The summed E-state index contributed by atoms with van der Waals surface area (Å²) >= 11 is 5.89. The zero-order chi connectivity index (χ0) is 18.1. The maximum absolute atomic E-state index is 12.3. The van der Waals surface area contributed by atoms with Crippen LogP contribution in [0.5, 0.6) is 5.75 Å². The molecule has 1 amide bonds. The van der Waals surface area contributed by atoms with Crippen molar-refractivity contribution in [2.75, 3.05) is 7.11 Å². The van der Waals surface area contributed by atoms with Crippen molar-refractivity contribution < 1.29 is 9.53 Å². The molecule has 1 unspecified atom stereocenters. The lowest BCUT2D eigenvalue weighted by molar-refractivity contribution is -0.121. The third-order valence-corrected chi connectivity index (χ3v) is 5.27. The van der Waals surface area contributed by atoms with Gasteiger partial charge in [-0.05, 0) is 54.3 Å². The molecule has 26 heavy (non-hydrogen) atoms. The lowest BCUT2D eigenvalue weighted by Gasteiger charge is -2.12. The number of nitrogens with one attached hydrogen (secondary N) is 2. The summed E-state index contributed by atoms with van der Waals surface area (Å²) in [4.78, 5) is 15.8. The van der Waals surface area contributed by atoms with Crippen LogP contribution >= 0.6 is 11.6 Å². The Morgan fingerprint density at radius 1 is 1.23 bits per heavy atom. The van der Waals surface area contributed by atoms with Gasteiger partial charge in [-0.2, -0.15) is 0 Å². The normalized spacial score (nSPS) is 15.8. The Kier molecular flexibility index (Phi) is 4.60. The molecule has 1 atom stereocenters. The van der Waals surface area contributed by atoms with Crippen LogP contribution in [-0.4, -0.2) is 24.0 Å². The van der Waals surface area contributed by atoms with Gasteiger partial charge in [0, 0.05) is 40.5 Å². The van der Waals surface area contributed by atoms with E-state index in [1.165, 1.54) is 16.6 Å². The van der Waals surface area contributed by atoms with Crippen molar-refractivity contribution in [2.45, 2.75) is 31.7 Å². The average molecular weight is 369 g/mol. The summed E-state index contributed by atoms with van der Waals surface area (Å²) in [5.41, 5.74) is 4.76. The van der Waals surface area contributed by atoms with Crippen molar-refractivity contribution in [2.24, 2.45) is 0 Å². The zero-order valence-corrected chi connectivity index (χ0v) is 15.4. The van der Waals surface area contributed by atoms with Crippen LogP contribution < -0.4 is 10.1 Å². The fraction of sp³-hybridized carbons (Fsp3) is 0.286. The number of aromatic amines is 1. The van der Waals surface area contributed by atoms with E-state index in [0.29, 0.717) is 11.4 Å². The third-order valence-electron chi connectivity index (χ3n) is 5.02. The highest BCUT2D eigenvalue weighted by Gasteiger charge is 2.26. The van der Waals surface area contributed by atoms with Crippen molar-refractivity contribution in [1.82, 2.24) is 10.3 Å². The lowest BCUT2D eigenvalue weighted by Crippen LogP contribution is -2.35. The van der Waals surface area contributed by atoms with Gasteiger partial charge in [0.2, 0.25) is 5.91 Å². The minimum Gasteiger partial charge on any atom is -0.497 e. The van der Waals surface area contributed by atoms with E-state index in [1.807, 2.05) is 36.4 Å². The number of benzene rings is 2. The molecule has 1 heterocycles. The molecule has 0 saturated carbocycles. The van der Waals surface area contributed by atoms with Crippen LogP contribution in [0.25, 0.3) is 10.9 Å². The van der Waals surface area contributed by atoms with Crippen molar-refractivity contribution in [1.29, 1.82) is 0 Å². The summed E-state index contributed by atoms with van der Waals surface area (Å²) in [5.74, 6) is 0.951. The zero-order valence-electron chi connectivity index (χ0n) is 14.6. The fourth-order valence-corrected chi connectivity index (χ4v) is 3.82. The molecule has 0 bridgehead atoms. The molecule has 0 spiro atoms. The van der Waals surface area contributed by atoms with Gasteiger partial charge in [0.1, 0.15) is 5.75 Å². The van der Waals surface area contributed by atoms with E-state index in [0.717, 1.165) is 36.1 Å². The maximum Gasteiger partial charge on any atom is 0.220 e. The molecule has 1 aromatic heterocycles. The van der Waals surface area contributed by atoms with Crippen molar-refractivity contribution in [3.05, 3.63) is 64.3 Å². The van der Waals surface area contributed by atoms with Crippen LogP contribution in [0.1, 0.15) is 23.2 Å². The quantitative estimate of drug-likeness (QED) is 0.714. The van der Waals surface area contributed by atoms with Crippen molar-refractivity contribution in [3.8, 4) is 5.75 Å². The minimum atomic E-state index is 0.0944. The first-order chi connectivity index (χ1) is 12.6. The molecule has 1 aliphatic rings. The number of carbonyl (C=O) groups excluding carboxylic acids is 1. The Hall–Kier alpha value is -2.46. The Balaban J connectivity index is 1.37. The van der Waals surface area contributed by atoms with E-state index in [9.17, 15) is 4.79 Å². The number of hydrogen-bond donors (Lipinski definition) is 2. The summed E-state index contributed by atoms with van der Waals surface area (Å²) in [5, 5.41) is 5.08. The standard InChI is InChI=1S/C21H21ClN2O2/c1-26-16-7-8-19-18(12-16)17-10-15(11-20(17)24-19)23-21(25)9-4-13-2-5-14(22)6-3-13/h2-3,5-8,12,15,24H,4,9-11H2,1H3,(H,23,25). The van der Waals surface area contributed by atoms with E-state index in [1.54, 1.807) is 7.11 Å². The number of hydrogen-bond acceptors (Lipinski definition) is 2. The van der Waals surface area contributed by atoms with Crippen LogP contribution in [0.2, 0.25) is 5.02 Å². The molecule has 4 nitrogen and oxygen atoms in total. The van der Waals surface area contributed by atoms with E-state index in [-0.39, 0.29) is 11.9 Å². The van der Waals surface area contributed by atoms with Crippen molar-refractivity contribution >= 4 is 28.4 Å². The molecular weight excluding hydrogens is 348 g/mol. The van der Waals surface area contributed by atoms with Gasteiger partial charge in [-0.25, -0.2) is 0 Å². The van der Waals surface area contributed by atoms with Gasteiger partial charge in [-0.1, -0.05) is 23.7 Å². The number of rotatable bonds is 5. The number of methoxy groups -OCH3 is 1. The minimum absolute atomic E-state index is 0.0944. The van der Waals surface area contributed by atoms with Gasteiger partial charge >= 0.3 is 0 Å². The molecule has 3 aromatic rings. The lowest BCUT2D eigenvalue weighted by atomic mass is 10.1. The fourth-order valence-electron chi connectivity index (χ4n) is 3.69. The van der Waals surface area contributed by atoms with E-state index in [2.05, 4.69) is 16.4 Å². The van der Waals surface area contributed by atoms with Crippen LogP contribution in [0, 0.1) is 0 Å². The molecule has 2 aromatic carbocycles. The smallest absolute Gasteiger partial charge is 0.220 e. The van der Waals surface area contributed by atoms with Crippen LogP contribution in [0.4, 0.5) is 0 Å². The van der Waals surface area contributed by atoms with Crippen LogP contribution in [0.15, 0.2) is 42.5 Å². The highest BCUT2D eigenvalue weighted by atomic mass is 35.5. The summed E-state index contributed by atoms with van der Waals surface area (Å²) in [6, 6.07) is 13.9. The highest BCUT2D eigenvalue weighted by molar-refractivity contribution is 6.30. The molecule has 0 aliphatic heterocycles. The Labute approximate surface area is 157 Å². The number of aromatic nitrogens is 1. The SMILES string of the molecule is COc1ccc2[nH]c3c(c2c1)CC(NC(=O)CCc1ccc(Cl)cc1)C3. The second-order valence-electron chi connectivity index (χ2n) is 6.79. The summed E-state index contributed by atoms with van der Waals surface area (Å²) in [6.07, 6.45) is 2.91. The maximum atomic E-state index is 12.3. The van der Waals surface area contributed by atoms with Gasteiger partial charge in [-0.3, -0.25) is 4.79 Å². The summed E-state index contributed by atoms with van der Waals surface area (Å²) in [7, 11) is 1.68. The van der Waals surface area contributed by atoms with E-state index < -0.39 is 0 Å². The van der Waals surface area contributed by atoms with Gasteiger partial charge in [-0.15, -0.1) is 0 Å². The predicted octanol–water partition coefficient (Wildman–Crippen LogP) is 4.05. The third kappa shape index (κ3) is 3.42. The molecule has 134 valence electrons. The van der Waals surface area contributed by atoms with Gasteiger partial charge < -0.3 is 15.0 Å². The number of ether oxygens (including phenoxy) is 1. The Morgan fingerprint density at radius 2 is 2.04 bits per heavy atom. The Morgan fingerprint density at radius 3 is 2.81 bits per heavy atom. The summed E-state index contributed by atoms with van der Waals surface area (Å²) < 4.78 is 5.33. The topological polar surface area (TPSA) is 54.1 Å². The number of H-pyrrole nitrogens is 1. The largest absolute Gasteiger partial charge is 0.497 e. The van der Waals surface area contributed by atoms with Gasteiger partial charge in [0.25, 0.3) is 0 Å². The van der Waals surface area contributed by atoms with Gasteiger partial charge in [0.05, 0.1) is 7.11 Å². The molecule has 0 saturated heterocycles. The Bertz CT molecular complexity index is 947. The molecule has 1 aliphatic carbocycles. The second-order valence-corrected chi connectivity index (χ2v) is 7.23. The van der Waals surface area contributed by atoms with Crippen LogP contribution in [0.3, 0.4) is 0 Å². The monoisotopic (exact) mass is 368 g/mol. The summed E-state index contributed by atoms with van der Waals surface area (Å²) in [6.45, 7) is 0. The van der Waals surface area contributed by atoms with E-state index >= 15 is 0 Å². The molecule has 2 N–H and O–H groups in total. The molecular formula is C21H21ClN2O2. The van der Waals surface area contributed by atoms with Crippen molar-refractivity contribution in [3.63, 3.8) is 0 Å². The first-order valence-electron chi connectivity index (χ1n) is 8.83. The number of carbonyl (C=O) groups is 1. The predicted molar refractivity (Wildman–Crippen MR) is 104 cm³/mol. The first kappa shape index (κ1) is 17.0. The van der Waals surface area contributed by atoms with Crippen LogP contribution in [-0.2, 0) is 24.1 Å². The molecule has 0 radical (unpaired) electrons. The van der Waals surface area contributed by atoms with E-state index in [4.69, 9.17) is 16.3 Å². The van der Waals surface area contributed by atoms with Gasteiger partial charge in [0.15, 0.2) is 0 Å². The first-order valence-corrected chi connectivity index (χ1v) is 9.21. The number of amides is 1. The molecule has 0 fully saturated rings. The molecule has 5 heteroatoms. The average Bonchev–Trinajstić information content (AvgIpc) is 3.18. The highest BCUT2D eigenvalue weighted by Crippen LogP contribution is 2.32. The number of fused-ring (bicyclic) bond motifs is 3. The number of halogens is 1. The second kappa shape index (κ2) is 7.04. The number of aryl methyl sites for hydroxylation is 1.